The van der Waals surface area contributed by atoms with Crippen LogP contribution in [0.15, 0.2) is 29.2 Å². The standard InChI is InChI=1S/C17H24N2O5S/c1-4-12(2)18-25(23,24)14-7-5-13(6-8-14)15(20)19-10-9-17(3,11-19)16(21)22/h5-8,12,18H,4,9-11H2,1-3H3,(H,21,22). The molecule has 25 heavy (non-hydrogen) atoms. The van der Waals surface area contributed by atoms with Gasteiger partial charge in [-0.05, 0) is 51.0 Å². The van der Waals surface area contributed by atoms with Crippen LogP contribution in [0.1, 0.15) is 44.0 Å². The Morgan fingerprint density at radius 3 is 2.40 bits per heavy atom. The zero-order chi connectivity index (χ0) is 18.8. The first kappa shape index (κ1) is 19.4. The van der Waals surface area contributed by atoms with Crippen LogP contribution < -0.4 is 4.72 Å². The molecule has 138 valence electrons. The van der Waals surface area contributed by atoms with Crippen LogP contribution in [0.3, 0.4) is 0 Å². The van der Waals surface area contributed by atoms with Gasteiger partial charge < -0.3 is 10.0 Å². The zero-order valence-corrected chi connectivity index (χ0v) is 15.5. The number of hydrogen-bond donors (Lipinski definition) is 2. The highest BCUT2D eigenvalue weighted by Gasteiger charge is 2.42. The average molecular weight is 368 g/mol. The minimum atomic E-state index is -3.62. The lowest BCUT2D eigenvalue weighted by molar-refractivity contribution is -0.147. The summed E-state index contributed by atoms with van der Waals surface area (Å²) in [4.78, 5) is 25.4. The van der Waals surface area contributed by atoms with Gasteiger partial charge in [-0.25, -0.2) is 13.1 Å². The molecule has 0 saturated carbocycles. The average Bonchev–Trinajstić information content (AvgIpc) is 2.97. The SMILES string of the molecule is CCC(C)NS(=O)(=O)c1ccc(C(=O)N2CCC(C)(C(=O)O)C2)cc1. The van der Waals surface area contributed by atoms with E-state index in [1.807, 2.05) is 6.92 Å². The van der Waals surface area contributed by atoms with Gasteiger partial charge in [0.15, 0.2) is 0 Å². The molecule has 1 aliphatic rings. The number of amides is 1. The van der Waals surface area contributed by atoms with Gasteiger partial charge in [0, 0.05) is 24.7 Å². The monoisotopic (exact) mass is 368 g/mol. The van der Waals surface area contributed by atoms with E-state index in [-0.39, 0.29) is 23.4 Å². The van der Waals surface area contributed by atoms with E-state index in [1.54, 1.807) is 13.8 Å². The quantitative estimate of drug-likeness (QED) is 0.795. The molecule has 0 aliphatic carbocycles. The molecule has 1 aromatic rings. The Kier molecular flexibility index (Phi) is 5.53. The van der Waals surface area contributed by atoms with Gasteiger partial charge in [0.25, 0.3) is 5.91 Å². The van der Waals surface area contributed by atoms with E-state index in [0.29, 0.717) is 24.9 Å². The third-order valence-corrected chi connectivity index (χ3v) is 6.26. The molecular weight excluding hydrogens is 344 g/mol. The largest absolute Gasteiger partial charge is 0.481 e. The van der Waals surface area contributed by atoms with Crippen LogP contribution in [0.2, 0.25) is 0 Å². The second-order valence-corrected chi connectivity index (χ2v) is 8.51. The molecule has 1 amide bonds. The predicted molar refractivity (Wildman–Crippen MR) is 92.8 cm³/mol. The van der Waals surface area contributed by atoms with Gasteiger partial charge in [0.05, 0.1) is 10.3 Å². The lowest BCUT2D eigenvalue weighted by atomic mass is 9.90. The Bertz CT molecular complexity index is 760. The summed E-state index contributed by atoms with van der Waals surface area (Å²) >= 11 is 0. The van der Waals surface area contributed by atoms with Crippen molar-refractivity contribution in [3.8, 4) is 0 Å². The number of likely N-dealkylation sites (tertiary alicyclic amines) is 1. The first-order valence-corrected chi connectivity index (χ1v) is 9.72. The molecule has 1 saturated heterocycles. The summed E-state index contributed by atoms with van der Waals surface area (Å²) in [6, 6.07) is 5.53. The third kappa shape index (κ3) is 4.19. The van der Waals surface area contributed by atoms with E-state index in [2.05, 4.69) is 4.72 Å². The number of carbonyl (C=O) groups excluding carboxylic acids is 1. The summed E-state index contributed by atoms with van der Waals surface area (Å²) < 4.78 is 27.0. The number of aliphatic carboxylic acids is 1. The Hall–Kier alpha value is -1.93. The van der Waals surface area contributed by atoms with Crippen LogP contribution in [-0.4, -0.2) is 49.4 Å². The number of carbonyl (C=O) groups is 2. The summed E-state index contributed by atoms with van der Waals surface area (Å²) in [6.07, 6.45) is 1.08. The minimum Gasteiger partial charge on any atom is -0.481 e. The van der Waals surface area contributed by atoms with Crippen LogP contribution in [-0.2, 0) is 14.8 Å². The highest BCUT2D eigenvalue weighted by Crippen LogP contribution is 2.31. The molecule has 0 radical (unpaired) electrons. The van der Waals surface area contributed by atoms with E-state index in [0.717, 1.165) is 0 Å². The van der Waals surface area contributed by atoms with E-state index >= 15 is 0 Å². The number of carboxylic acid groups (broad SMARTS) is 1. The summed E-state index contributed by atoms with van der Waals surface area (Å²) in [5.41, 5.74) is -0.587. The Morgan fingerprint density at radius 2 is 1.92 bits per heavy atom. The number of rotatable bonds is 6. The molecule has 8 heteroatoms. The number of benzene rings is 1. The number of nitrogens with one attached hydrogen (secondary N) is 1. The first-order chi connectivity index (χ1) is 11.6. The molecule has 2 unspecified atom stereocenters. The molecule has 1 fully saturated rings. The molecule has 0 bridgehead atoms. The van der Waals surface area contributed by atoms with Crippen molar-refractivity contribution in [2.45, 2.75) is 44.6 Å². The van der Waals surface area contributed by atoms with Gasteiger partial charge in [0.1, 0.15) is 0 Å². The molecule has 0 aromatic heterocycles. The number of sulfonamides is 1. The van der Waals surface area contributed by atoms with Gasteiger partial charge >= 0.3 is 5.97 Å². The predicted octanol–water partition coefficient (Wildman–Crippen LogP) is 1.70. The number of nitrogens with zero attached hydrogens (tertiary/aromatic N) is 1. The maximum atomic E-state index is 12.5. The van der Waals surface area contributed by atoms with Crippen molar-refractivity contribution in [1.82, 2.24) is 9.62 Å². The van der Waals surface area contributed by atoms with Crippen molar-refractivity contribution in [2.24, 2.45) is 5.41 Å². The molecular formula is C17H24N2O5S. The normalized spacial score (nSPS) is 22.0. The fourth-order valence-electron chi connectivity index (χ4n) is 2.68. The fraction of sp³-hybridized carbons (Fsp3) is 0.529. The minimum absolute atomic E-state index is 0.0983. The zero-order valence-electron chi connectivity index (χ0n) is 14.7. The maximum Gasteiger partial charge on any atom is 0.311 e. The van der Waals surface area contributed by atoms with Crippen molar-refractivity contribution in [2.75, 3.05) is 13.1 Å². The van der Waals surface area contributed by atoms with Gasteiger partial charge in [-0.1, -0.05) is 6.92 Å². The van der Waals surface area contributed by atoms with Crippen molar-refractivity contribution in [1.29, 1.82) is 0 Å². The summed E-state index contributed by atoms with van der Waals surface area (Å²) in [6.45, 7) is 5.81. The number of hydrogen-bond acceptors (Lipinski definition) is 4. The van der Waals surface area contributed by atoms with Crippen molar-refractivity contribution in [3.05, 3.63) is 29.8 Å². The van der Waals surface area contributed by atoms with Crippen LogP contribution in [0.5, 0.6) is 0 Å². The fourth-order valence-corrected chi connectivity index (χ4v) is 4.01. The Balaban J connectivity index is 2.13. The van der Waals surface area contributed by atoms with E-state index in [4.69, 9.17) is 0 Å². The van der Waals surface area contributed by atoms with E-state index in [1.165, 1.54) is 29.2 Å². The summed E-state index contributed by atoms with van der Waals surface area (Å²) in [5.74, 6) is -1.20. The molecule has 2 N–H and O–H groups in total. The van der Waals surface area contributed by atoms with E-state index < -0.39 is 21.4 Å². The van der Waals surface area contributed by atoms with E-state index in [9.17, 15) is 23.1 Å². The molecule has 7 nitrogen and oxygen atoms in total. The molecule has 1 aromatic carbocycles. The van der Waals surface area contributed by atoms with Gasteiger partial charge in [-0.15, -0.1) is 0 Å². The highest BCUT2D eigenvalue weighted by atomic mass is 32.2. The maximum absolute atomic E-state index is 12.5. The molecule has 1 aliphatic heterocycles. The van der Waals surface area contributed by atoms with Crippen molar-refractivity contribution >= 4 is 21.9 Å². The van der Waals surface area contributed by atoms with Gasteiger partial charge in [0.2, 0.25) is 10.0 Å². The molecule has 0 spiro atoms. The second-order valence-electron chi connectivity index (χ2n) is 6.80. The van der Waals surface area contributed by atoms with Crippen LogP contribution in [0.4, 0.5) is 0 Å². The van der Waals surface area contributed by atoms with Crippen LogP contribution in [0.25, 0.3) is 0 Å². The third-order valence-electron chi connectivity index (χ3n) is 4.66. The Labute approximate surface area is 148 Å². The second kappa shape index (κ2) is 7.13. The summed E-state index contributed by atoms with van der Waals surface area (Å²) in [7, 11) is -3.62. The number of carboxylic acids is 1. The highest BCUT2D eigenvalue weighted by molar-refractivity contribution is 7.89. The van der Waals surface area contributed by atoms with Crippen molar-refractivity contribution in [3.63, 3.8) is 0 Å². The summed E-state index contributed by atoms with van der Waals surface area (Å²) in [5, 5.41) is 9.25. The lowest BCUT2D eigenvalue weighted by Crippen LogP contribution is -2.35. The Morgan fingerprint density at radius 1 is 1.32 bits per heavy atom. The molecule has 1 heterocycles. The lowest BCUT2D eigenvalue weighted by Gasteiger charge is -2.20. The van der Waals surface area contributed by atoms with Crippen LogP contribution in [0, 0.1) is 5.41 Å². The first-order valence-electron chi connectivity index (χ1n) is 8.24. The van der Waals surface area contributed by atoms with Gasteiger partial charge in [-0.3, -0.25) is 9.59 Å². The topological polar surface area (TPSA) is 104 Å². The molecule has 2 rings (SSSR count). The smallest absolute Gasteiger partial charge is 0.311 e. The molecule has 2 atom stereocenters. The van der Waals surface area contributed by atoms with Crippen LogP contribution >= 0.6 is 0 Å². The van der Waals surface area contributed by atoms with Gasteiger partial charge in [-0.2, -0.15) is 0 Å². The van der Waals surface area contributed by atoms with Crippen molar-refractivity contribution < 1.29 is 23.1 Å².